The van der Waals surface area contributed by atoms with E-state index in [0.717, 1.165) is 0 Å². The number of ether oxygens (including phenoxy) is 1. The van der Waals surface area contributed by atoms with Crippen LogP contribution in [0.4, 0.5) is 0 Å². The molecule has 0 unspecified atom stereocenters. The SMILES string of the molecule is N=C(N)c1cccc(OC=O)c1. The summed E-state index contributed by atoms with van der Waals surface area (Å²) < 4.78 is 4.56. The predicted octanol–water partition coefficient (Wildman–Crippen LogP) is 0.506. The molecule has 0 aliphatic carbocycles. The summed E-state index contributed by atoms with van der Waals surface area (Å²) in [6.07, 6.45) is 0. The monoisotopic (exact) mass is 164 g/mol. The second-order valence-electron chi connectivity index (χ2n) is 2.16. The van der Waals surface area contributed by atoms with Gasteiger partial charge in [-0.2, -0.15) is 0 Å². The lowest BCUT2D eigenvalue weighted by Crippen LogP contribution is -2.10. The number of amidine groups is 1. The third-order valence-electron chi connectivity index (χ3n) is 1.33. The van der Waals surface area contributed by atoms with Gasteiger partial charge in [-0.3, -0.25) is 10.2 Å². The van der Waals surface area contributed by atoms with Crippen molar-refractivity contribution >= 4 is 12.3 Å². The quantitative estimate of drug-likeness (QED) is 0.388. The zero-order valence-electron chi connectivity index (χ0n) is 6.28. The molecule has 0 saturated heterocycles. The van der Waals surface area contributed by atoms with Crippen molar-refractivity contribution in [3.63, 3.8) is 0 Å². The molecule has 0 aliphatic rings. The molecule has 12 heavy (non-hydrogen) atoms. The summed E-state index contributed by atoms with van der Waals surface area (Å²) in [7, 11) is 0. The van der Waals surface area contributed by atoms with Gasteiger partial charge in [0.2, 0.25) is 0 Å². The molecule has 1 rings (SSSR count). The highest BCUT2D eigenvalue weighted by Gasteiger charge is 1.97. The largest absolute Gasteiger partial charge is 0.429 e. The normalized spacial score (nSPS) is 9.00. The number of rotatable bonds is 3. The van der Waals surface area contributed by atoms with E-state index in [-0.39, 0.29) is 5.84 Å². The molecule has 62 valence electrons. The third kappa shape index (κ3) is 1.82. The van der Waals surface area contributed by atoms with Crippen molar-refractivity contribution in [2.75, 3.05) is 0 Å². The van der Waals surface area contributed by atoms with Crippen LogP contribution in [0.2, 0.25) is 0 Å². The van der Waals surface area contributed by atoms with E-state index in [2.05, 4.69) is 4.74 Å². The Bertz CT molecular complexity index is 310. The highest BCUT2D eigenvalue weighted by atomic mass is 16.5. The van der Waals surface area contributed by atoms with Gasteiger partial charge in [-0.05, 0) is 12.1 Å². The van der Waals surface area contributed by atoms with Crippen molar-refractivity contribution in [3.05, 3.63) is 29.8 Å². The van der Waals surface area contributed by atoms with Crippen LogP contribution in [0, 0.1) is 5.41 Å². The molecule has 0 aliphatic heterocycles. The van der Waals surface area contributed by atoms with E-state index in [1.807, 2.05) is 0 Å². The van der Waals surface area contributed by atoms with E-state index >= 15 is 0 Å². The minimum absolute atomic E-state index is 0.0497. The zero-order chi connectivity index (χ0) is 8.97. The van der Waals surface area contributed by atoms with E-state index < -0.39 is 0 Å². The molecule has 0 amide bonds. The first-order valence-electron chi connectivity index (χ1n) is 3.29. The summed E-state index contributed by atoms with van der Waals surface area (Å²) >= 11 is 0. The van der Waals surface area contributed by atoms with Crippen LogP contribution in [0.25, 0.3) is 0 Å². The Morgan fingerprint density at radius 2 is 2.33 bits per heavy atom. The topological polar surface area (TPSA) is 76.2 Å². The maximum absolute atomic E-state index is 9.95. The average molecular weight is 164 g/mol. The first kappa shape index (κ1) is 8.26. The summed E-state index contributed by atoms with van der Waals surface area (Å²) in [6.45, 7) is 0.333. The lowest BCUT2D eigenvalue weighted by molar-refractivity contribution is -0.120. The van der Waals surface area contributed by atoms with Gasteiger partial charge in [0.1, 0.15) is 11.6 Å². The summed E-state index contributed by atoms with van der Waals surface area (Å²) in [5.74, 6) is 0.337. The fourth-order valence-corrected chi connectivity index (χ4v) is 0.792. The van der Waals surface area contributed by atoms with Crippen molar-refractivity contribution in [3.8, 4) is 5.75 Å². The molecule has 4 heteroatoms. The molecule has 0 heterocycles. The van der Waals surface area contributed by atoms with Gasteiger partial charge in [0.25, 0.3) is 6.47 Å². The first-order valence-corrected chi connectivity index (χ1v) is 3.29. The molecule has 0 atom stereocenters. The molecule has 0 fully saturated rings. The minimum Gasteiger partial charge on any atom is -0.429 e. The van der Waals surface area contributed by atoms with Crippen molar-refractivity contribution in [2.24, 2.45) is 5.73 Å². The molecule has 0 radical (unpaired) electrons. The summed E-state index contributed by atoms with van der Waals surface area (Å²) in [6, 6.07) is 6.47. The molecule has 1 aromatic carbocycles. The Labute approximate surface area is 69.5 Å². The maximum atomic E-state index is 9.95. The summed E-state index contributed by atoms with van der Waals surface area (Å²) in [5, 5.41) is 7.10. The predicted molar refractivity (Wildman–Crippen MR) is 44.2 cm³/mol. The van der Waals surface area contributed by atoms with E-state index in [4.69, 9.17) is 11.1 Å². The molecule has 0 saturated carbocycles. The van der Waals surface area contributed by atoms with Gasteiger partial charge >= 0.3 is 0 Å². The highest BCUT2D eigenvalue weighted by Crippen LogP contribution is 2.11. The maximum Gasteiger partial charge on any atom is 0.298 e. The van der Waals surface area contributed by atoms with E-state index in [9.17, 15) is 4.79 Å². The number of nitrogen functional groups attached to an aromatic ring is 1. The lowest BCUT2D eigenvalue weighted by atomic mass is 10.2. The van der Waals surface area contributed by atoms with Crippen LogP contribution in [0.1, 0.15) is 5.56 Å². The van der Waals surface area contributed by atoms with Gasteiger partial charge in [-0.15, -0.1) is 0 Å². The second kappa shape index (κ2) is 3.52. The molecular formula is C8H8N2O2. The van der Waals surface area contributed by atoms with Crippen molar-refractivity contribution in [1.82, 2.24) is 0 Å². The number of nitrogens with one attached hydrogen (secondary N) is 1. The van der Waals surface area contributed by atoms with E-state index in [1.165, 1.54) is 6.07 Å². The molecule has 0 spiro atoms. The van der Waals surface area contributed by atoms with Gasteiger partial charge in [0.15, 0.2) is 0 Å². The van der Waals surface area contributed by atoms with Crippen molar-refractivity contribution in [1.29, 1.82) is 5.41 Å². The zero-order valence-corrected chi connectivity index (χ0v) is 6.28. The number of nitrogens with two attached hydrogens (primary N) is 1. The van der Waals surface area contributed by atoms with Gasteiger partial charge in [0, 0.05) is 5.56 Å². The fraction of sp³-hybridized carbons (Fsp3) is 0. The molecule has 1 aromatic rings. The number of hydrogen-bond acceptors (Lipinski definition) is 3. The third-order valence-corrected chi connectivity index (χ3v) is 1.33. The average Bonchev–Trinajstić information content (AvgIpc) is 2.05. The number of carbonyl (C=O) groups excluding carboxylic acids is 1. The summed E-state index contributed by atoms with van der Waals surface area (Å²) in [4.78, 5) is 9.95. The molecule has 0 bridgehead atoms. The van der Waals surface area contributed by atoms with Crippen LogP contribution in [-0.2, 0) is 4.79 Å². The number of hydrogen-bond donors (Lipinski definition) is 2. The number of carbonyl (C=O) groups is 1. The van der Waals surface area contributed by atoms with Crippen LogP contribution < -0.4 is 10.5 Å². The Morgan fingerprint density at radius 3 is 2.92 bits per heavy atom. The first-order chi connectivity index (χ1) is 5.74. The smallest absolute Gasteiger partial charge is 0.298 e. The molecular weight excluding hydrogens is 156 g/mol. The molecule has 0 aromatic heterocycles. The van der Waals surface area contributed by atoms with Crippen LogP contribution in [0.5, 0.6) is 5.75 Å². The number of benzene rings is 1. The van der Waals surface area contributed by atoms with Gasteiger partial charge < -0.3 is 10.5 Å². The Balaban J connectivity index is 2.95. The Hall–Kier alpha value is -1.84. The van der Waals surface area contributed by atoms with E-state index in [0.29, 0.717) is 17.8 Å². The molecule has 4 nitrogen and oxygen atoms in total. The van der Waals surface area contributed by atoms with Crippen molar-refractivity contribution < 1.29 is 9.53 Å². The van der Waals surface area contributed by atoms with Gasteiger partial charge in [-0.25, -0.2) is 0 Å². The van der Waals surface area contributed by atoms with E-state index in [1.54, 1.807) is 18.2 Å². The van der Waals surface area contributed by atoms with Crippen LogP contribution >= 0.6 is 0 Å². The van der Waals surface area contributed by atoms with Crippen LogP contribution in [0.3, 0.4) is 0 Å². The summed E-state index contributed by atoms with van der Waals surface area (Å²) in [5.41, 5.74) is 5.75. The Morgan fingerprint density at radius 1 is 1.58 bits per heavy atom. The molecule has 3 N–H and O–H groups in total. The second-order valence-corrected chi connectivity index (χ2v) is 2.16. The minimum atomic E-state index is -0.0497. The Kier molecular flexibility index (Phi) is 2.42. The van der Waals surface area contributed by atoms with Gasteiger partial charge in [-0.1, -0.05) is 12.1 Å². The lowest BCUT2D eigenvalue weighted by Gasteiger charge is -2.00. The standard InChI is InChI=1S/C8H8N2O2/c9-8(10)6-2-1-3-7(4-6)12-5-11/h1-5H,(H3,9,10). The van der Waals surface area contributed by atoms with Crippen LogP contribution in [-0.4, -0.2) is 12.3 Å². The highest BCUT2D eigenvalue weighted by molar-refractivity contribution is 5.95. The fourth-order valence-electron chi connectivity index (χ4n) is 0.792. The van der Waals surface area contributed by atoms with Gasteiger partial charge in [0.05, 0.1) is 0 Å². The van der Waals surface area contributed by atoms with Crippen LogP contribution in [0.15, 0.2) is 24.3 Å². The van der Waals surface area contributed by atoms with Crippen molar-refractivity contribution in [2.45, 2.75) is 0 Å².